The van der Waals surface area contributed by atoms with Gasteiger partial charge in [-0.25, -0.2) is 4.79 Å². The molecule has 0 radical (unpaired) electrons. The van der Waals surface area contributed by atoms with Gasteiger partial charge in [-0.3, -0.25) is 14.4 Å². The minimum absolute atomic E-state index is 0.0553. The molecule has 3 amide bonds. The number of rotatable bonds is 17. The van der Waals surface area contributed by atoms with Gasteiger partial charge in [0.25, 0.3) is 5.91 Å². The number of esters is 1. The van der Waals surface area contributed by atoms with E-state index >= 15 is 0 Å². The summed E-state index contributed by atoms with van der Waals surface area (Å²) in [6, 6.07) is 4.29. The highest BCUT2D eigenvalue weighted by molar-refractivity contribution is 5.88. The predicted molar refractivity (Wildman–Crippen MR) is 224 cm³/mol. The quantitative estimate of drug-likeness (QED) is 0.0646. The van der Waals surface area contributed by atoms with Crippen LogP contribution in [0.15, 0.2) is 30.3 Å². The van der Waals surface area contributed by atoms with Crippen LogP contribution in [0.2, 0.25) is 0 Å². The molecule has 4 heterocycles. The lowest BCUT2D eigenvalue weighted by molar-refractivity contribution is -0.382. The molecule has 0 bridgehead atoms. The van der Waals surface area contributed by atoms with Gasteiger partial charge in [0.15, 0.2) is 25.0 Å². The number of ether oxygens (including phenoxy) is 9. The highest BCUT2D eigenvalue weighted by Crippen LogP contribution is 2.35. The minimum Gasteiger partial charge on any atom is -0.547 e. The largest absolute Gasteiger partial charge is 0.547 e. The third kappa shape index (κ3) is 13.5. The Morgan fingerprint density at radius 3 is 1.67 bits per heavy atom. The molecule has 4 saturated heterocycles. The van der Waals surface area contributed by atoms with Gasteiger partial charge in [0.2, 0.25) is 11.8 Å². The lowest BCUT2D eigenvalue weighted by Gasteiger charge is -2.50. The summed E-state index contributed by atoms with van der Waals surface area (Å²) in [6.07, 6.45) is -34.0. The molecule has 4 aliphatic heterocycles. The lowest BCUT2D eigenvalue weighted by atomic mass is 9.92. The highest BCUT2D eigenvalue weighted by atomic mass is 16.8. The molecule has 5 rings (SSSR count). The van der Waals surface area contributed by atoms with Crippen molar-refractivity contribution in [2.75, 3.05) is 20.3 Å². The number of amides is 3. The first-order valence-electron chi connectivity index (χ1n) is 22.1. The van der Waals surface area contributed by atoms with E-state index < -0.39 is 177 Å². The van der Waals surface area contributed by atoms with Crippen molar-refractivity contribution in [2.24, 2.45) is 0 Å². The maximum Gasteiger partial charge on any atom is 0.329 e. The second kappa shape index (κ2) is 23.9. The third-order valence-electron chi connectivity index (χ3n) is 11.8. The maximum absolute atomic E-state index is 14.1. The lowest BCUT2D eigenvalue weighted by Crippen LogP contribution is -2.71. The van der Waals surface area contributed by atoms with Crippen molar-refractivity contribution in [1.82, 2.24) is 16.0 Å². The van der Waals surface area contributed by atoms with Gasteiger partial charge in [-0.1, -0.05) is 30.3 Å². The summed E-state index contributed by atoms with van der Waals surface area (Å²) in [5.41, 5.74) is -0.344. The van der Waals surface area contributed by atoms with E-state index in [2.05, 4.69) is 16.0 Å². The van der Waals surface area contributed by atoms with Crippen molar-refractivity contribution < 1.29 is 113 Å². The molecular weight excluding hydrogens is 926 g/mol. The Morgan fingerprint density at radius 1 is 0.667 bits per heavy atom. The number of carbonyl (C=O) groups excluding carboxylic acids is 5. The summed E-state index contributed by atoms with van der Waals surface area (Å²) in [5.74, 6) is -5.40. The summed E-state index contributed by atoms with van der Waals surface area (Å²) >= 11 is 0. The van der Waals surface area contributed by atoms with Crippen LogP contribution in [0.25, 0.3) is 0 Å². The summed E-state index contributed by atoms with van der Waals surface area (Å²) < 4.78 is 51.3. The molecule has 69 heavy (non-hydrogen) atoms. The van der Waals surface area contributed by atoms with Crippen molar-refractivity contribution in [3.8, 4) is 0 Å². The fraction of sp³-hybridized carbons (Fsp3) is 0.744. The number of carboxylic acid groups (broad SMARTS) is 1. The van der Waals surface area contributed by atoms with Gasteiger partial charge in [0.05, 0.1) is 31.3 Å². The number of aliphatic carboxylic acids is 1. The molecule has 21 unspecified atom stereocenters. The molecule has 4 fully saturated rings. The molecule has 1 aromatic rings. The fourth-order valence-electron chi connectivity index (χ4n) is 8.47. The zero-order valence-electron chi connectivity index (χ0n) is 38.8. The topological polar surface area (TPSA) is 389 Å². The number of carboxylic acids is 1. The molecule has 21 atom stereocenters. The van der Waals surface area contributed by atoms with Crippen molar-refractivity contribution >= 4 is 29.7 Å². The fourth-order valence-corrected chi connectivity index (χ4v) is 8.47. The van der Waals surface area contributed by atoms with Crippen molar-refractivity contribution in [3.63, 3.8) is 0 Å². The van der Waals surface area contributed by atoms with E-state index in [0.717, 1.165) is 21.0 Å². The van der Waals surface area contributed by atoms with Gasteiger partial charge in [0.1, 0.15) is 97.0 Å². The Bertz CT molecular complexity index is 1890. The van der Waals surface area contributed by atoms with E-state index in [0.29, 0.717) is 5.56 Å². The van der Waals surface area contributed by atoms with E-state index in [1.165, 1.54) is 6.92 Å². The number of nitrogens with one attached hydrogen (secondary N) is 3. The Kier molecular flexibility index (Phi) is 19.3. The monoisotopic (exact) mass is 990 g/mol. The smallest absolute Gasteiger partial charge is 0.329 e. The highest BCUT2D eigenvalue weighted by Gasteiger charge is 2.57. The summed E-state index contributed by atoms with van der Waals surface area (Å²) in [5, 5.41) is 108. The van der Waals surface area contributed by atoms with Gasteiger partial charge < -0.3 is 109 Å². The first-order chi connectivity index (χ1) is 32.4. The van der Waals surface area contributed by atoms with Gasteiger partial charge in [-0.15, -0.1) is 0 Å². The number of hydrogen-bond acceptors (Lipinski definition) is 23. The predicted octanol–water partition coefficient (Wildman–Crippen LogP) is -6.90. The van der Waals surface area contributed by atoms with Crippen LogP contribution in [-0.2, 0) is 73.0 Å². The third-order valence-corrected chi connectivity index (χ3v) is 11.8. The van der Waals surface area contributed by atoms with Gasteiger partial charge in [-0.05, 0) is 33.3 Å². The molecule has 4 aliphatic rings. The van der Waals surface area contributed by atoms with Gasteiger partial charge in [0, 0.05) is 27.4 Å². The normalized spacial score (nSPS) is 38.8. The van der Waals surface area contributed by atoms with E-state index in [4.69, 9.17) is 42.6 Å². The molecule has 11 N–H and O–H groups in total. The van der Waals surface area contributed by atoms with E-state index in [-0.39, 0.29) is 6.42 Å². The molecule has 0 aliphatic carbocycles. The standard InChI is InChI=1S/C43H65N3O23/c1-16-23(44-17(2)49)31(25(51)21(14-47)62-16)64-42-30(56)28(54)34(36(68-42)38(58)59)66-40-24(45-18(3)50)32(26(52)22(15-48)63-40)65-41-29(55)27(53)33(61-7)35(67-41)37(57)46-20(39(60)69-43(4,5)6)13-19-11-9-8-10-12-19/h8-12,16,20-36,40-42,47-48,51-56H,13-15H2,1-7H3,(H,44,49)(H,45,50)(H,46,57)(H,58,59)/p-1. The number of aliphatic hydroxyl groups excluding tert-OH is 8. The summed E-state index contributed by atoms with van der Waals surface area (Å²) in [7, 11) is 1.10. The zero-order chi connectivity index (χ0) is 51.2. The average molecular weight is 991 g/mol. The first kappa shape index (κ1) is 55.9. The Hall–Kier alpha value is -4.07. The molecule has 26 heteroatoms. The molecule has 0 saturated carbocycles. The number of aliphatic hydroxyl groups is 8. The summed E-state index contributed by atoms with van der Waals surface area (Å²) in [6.45, 7) is 6.75. The van der Waals surface area contributed by atoms with Crippen LogP contribution < -0.4 is 21.1 Å². The molecular formula is C43H64N3O23-. The van der Waals surface area contributed by atoms with Crippen LogP contribution in [0.1, 0.15) is 47.1 Å². The average Bonchev–Trinajstić information content (AvgIpc) is 3.27. The van der Waals surface area contributed by atoms with Crippen LogP contribution in [0.3, 0.4) is 0 Å². The van der Waals surface area contributed by atoms with E-state index in [1.54, 1.807) is 51.1 Å². The minimum atomic E-state index is -2.37. The SMILES string of the molecule is COC1C(C(=O)NC(Cc2ccccc2)C(=O)OC(C)(C)C)OC(OC2C(O)C(CO)OC(OC3C(C(=O)[O-])OC(OC4C(O)C(CO)OC(C)C4NC(C)=O)C(O)C3O)C2NC(C)=O)C(O)C1O. The molecule has 0 aromatic heterocycles. The van der Waals surface area contributed by atoms with Crippen LogP contribution in [0.4, 0.5) is 0 Å². The van der Waals surface area contributed by atoms with Crippen LogP contribution in [0, 0.1) is 0 Å². The number of carbonyl (C=O) groups is 5. The molecule has 1 aromatic carbocycles. The Balaban J connectivity index is 1.41. The zero-order valence-corrected chi connectivity index (χ0v) is 38.8. The first-order valence-corrected chi connectivity index (χ1v) is 22.1. The second-order valence-electron chi connectivity index (χ2n) is 18.1. The number of hydrogen-bond donors (Lipinski definition) is 11. The van der Waals surface area contributed by atoms with Crippen molar-refractivity contribution in [3.05, 3.63) is 35.9 Å². The van der Waals surface area contributed by atoms with Crippen molar-refractivity contribution in [1.29, 1.82) is 0 Å². The molecule has 390 valence electrons. The van der Waals surface area contributed by atoms with E-state index in [9.17, 15) is 69.9 Å². The second-order valence-corrected chi connectivity index (χ2v) is 18.1. The Morgan fingerprint density at radius 2 is 1.16 bits per heavy atom. The van der Waals surface area contributed by atoms with Crippen LogP contribution in [-0.4, -0.2) is 225 Å². The maximum atomic E-state index is 14.1. The van der Waals surface area contributed by atoms with Crippen LogP contribution in [0.5, 0.6) is 0 Å². The van der Waals surface area contributed by atoms with Gasteiger partial charge in [-0.2, -0.15) is 0 Å². The summed E-state index contributed by atoms with van der Waals surface area (Å²) in [4.78, 5) is 64.9. The molecule has 26 nitrogen and oxygen atoms in total. The Labute approximate surface area is 396 Å². The number of methoxy groups -OCH3 is 1. The molecule has 0 spiro atoms. The van der Waals surface area contributed by atoms with E-state index in [1.807, 2.05) is 0 Å². The van der Waals surface area contributed by atoms with Crippen LogP contribution >= 0.6 is 0 Å². The van der Waals surface area contributed by atoms with Gasteiger partial charge >= 0.3 is 5.97 Å². The van der Waals surface area contributed by atoms with Crippen molar-refractivity contribution in [2.45, 2.75) is 182 Å². The number of benzene rings is 1.